The topological polar surface area (TPSA) is 117 Å². The van der Waals surface area contributed by atoms with Crippen LogP contribution < -0.4 is 4.72 Å². The monoisotopic (exact) mass is 587 g/mol. The molecule has 0 bridgehead atoms. The maximum absolute atomic E-state index is 13.0. The lowest BCUT2D eigenvalue weighted by Gasteiger charge is -2.14. The van der Waals surface area contributed by atoms with Crippen LogP contribution in [0.2, 0.25) is 0 Å². The zero-order valence-electron chi connectivity index (χ0n) is 23.4. The third-order valence-electron chi connectivity index (χ3n) is 6.16. The van der Waals surface area contributed by atoms with Crippen molar-refractivity contribution in [1.82, 2.24) is 14.3 Å². The van der Waals surface area contributed by atoms with Crippen LogP contribution in [0.5, 0.6) is 0 Å². The van der Waals surface area contributed by atoms with Gasteiger partial charge in [0.15, 0.2) is 5.69 Å². The van der Waals surface area contributed by atoms with Crippen LogP contribution in [0.25, 0.3) is 11.1 Å². The van der Waals surface area contributed by atoms with Crippen LogP contribution >= 0.6 is 11.8 Å². The number of ether oxygens (including phenoxy) is 2. The number of esters is 1. The highest BCUT2D eigenvalue weighted by atomic mass is 32.2. The molecular formula is C29H37N3O6S2. The second-order valence-electron chi connectivity index (χ2n) is 9.08. The Morgan fingerprint density at radius 1 is 0.975 bits per heavy atom. The summed E-state index contributed by atoms with van der Waals surface area (Å²) in [5.74, 6) is 0.422. The number of hydrogen-bond donors (Lipinski definition) is 1. The lowest BCUT2D eigenvalue weighted by atomic mass is 10.0. The third-order valence-corrected chi connectivity index (χ3v) is 8.20. The minimum Gasteiger partial charge on any atom is -0.461 e. The van der Waals surface area contributed by atoms with E-state index < -0.39 is 22.1 Å². The highest BCUT2D eigenvalue weighted by molar-refractivity contribution is 7.98. The van der Waals surface area contributed by atoms with Crippen LogP contribution in [0.15, 0.2) is 58.5 Å². The second-order valence-corrected chi connectivity index (χ2v) is 11.5. The average molecular weight is 588 g/mol. The maximum atomic E-state index is 13.0. The summed E-state index contributed by atoms with van der Waals surface area (Å²) in [6, 6.07) is 13.9. The van der Waals surface area contributed by atoms with E-state index in [4.69, 9.17) is 14.5 Å². The van der Waals surface area contributed by atoms with Crippen molar-refractivity contribution in [3.05, 3.63) is 65.6 Å². The molecule has 11 heteroatoms. The first kappa shape index (κ1) is 31.2. The Morgan fingerprint density at radius 3 is 2.33 bits per heavy atom. The van der Waals surface area contributed by atoms with Gasteiger partial charge >= 0.3 is 12.1 Å². The molecule has 0 fully saturated rings. The number of benzene rings is 2. The zero-order chi connectivity index (χ0) is 29.1. The van der Waals surface area contributed by atoms with Gasteiger partial charge in [0.1, 0.15) is 10.9 Å². The average Bonchev–Trinajstić information content (AvgIpc) is 3.29. The molecule has 0 aliphatic heterocycles. The molecule has 0 saturated carbocycles. The van der Waals surface area contributed by atoms with Gasteiger partial charge in [0.2, 0.25) is 0 Å². The van der Waals surface area contributed by atoms with Crippen LogP contribution in [0.3, 0.4) is 0 Å². The number of hydrogen-bond acceptors (Lipinski definition) is 8. The highest BCUT2D eigenvalue weighted by Crippen LogP contribution is 2.29. The molecule has 0 aliphatic carbocycles. The molecule has 0 atom stereocenters. The molecule has 40 heavy (non-hydrogen) atoms. The van der Waals surface area contributed by atoms with Gasteiger partial charge in [-0.15, -0.1) is 11.8 Å². The van der Waals surface area contributed by atoms with Gasteiger partial charge in [-0.2, -0.15) is 0 Å². The predicted molar refractivity (Wildman–Crippen MR) is 156 cm³/mol. The summed E-state index contributed by atoms with van der Waals surface area (Å²) in [5.41, 5.74) is 2.47. The number of aromatic nitrogens is 2. The summed E-state index contributed by atoms with van der Waals surface area (Å²) in [4.78, 5) is 29.6. The number of nitrogens with zero attached hydrogens (tertiary/aromatic N) is 2. The number of thioether (sulfide) groups is 1. The Balaban J connectivity index is 1.90. The molecule has 1 aromatic heterocycles. The molecule has 9 nitrogen and oxygen atoms in total. The van der Waals surface area contributed by atoms with E-state index in [0.717, 1.165) is 37.1 Å². The van der Waals surface area contributed by atoms with Gasteiger partial charge in [-0.05, 0) is 43.2 Å². The molecule has 1 amide bonds. The molecule has 3 rings (SSSR count). The number of nitrogens with one attached hydrogen (secondary N) is 1. The molecule has 1 heterocycles. The van der Waals surface area contributed by atoms with E-state index in [1.807, 2.05) is 46.7 Å². The van der Waals surface area contributed by atoms with E-state index in [2.05, 4.69) is 6.92 Å². The van der Waals surface area contributed by atoms with Crippen LogP contribution in [0.1, 0.15) is 68.3 Å². The van der Waals surface area contributed by atoms with Crippen molar-refractivity contribution in [2.24, 2.45) is 0 Å². The SMILES string of the molecule is CCCCOC(=O)NS(=O)(=O)c1ccccc1-c1ccc(Cn2c(CCCC)nc(SC)c2C(=O)OCC)cc1. The Bertz CT molecular complexity index is 1400. The number of unbranched alkanes of at least 4 members (excludes halogenated alkanes) is 2. The van der Waals surface area contributed by atoms with Gasteiger partial charge in [-0.3, -0.25) is 0 Å². The molecule has 0 radical (unpaired) electrons. The van der Waals surface area contributed by atoms with Crippen molar-refractivity contribution in [2.75, 3.05) is 19.5 Å². The zero-order valence-corrected chi connectivity index (χ0v) is 25.1. The van der Waals surface area contributed by atoms with E-state index in [9.17, 15) is 18.0 Å². The van der Waals surface area contributed by atoms with Crippen LogP contribution in [0.4, 0.5) is 4.79 Å². The van der Waals surface area contributed by atoms with Gasteiger partial charge in [0, 0.05) is 18.5 Å². The van der Waals surface area contributed by atoms with Crippen molar-refractivity contribution in [3.63, 3.8) is 0 Å². The van der Waals surface area contributed by atoms with Crippen molar-refractivity contribution in [2.45, 2.75) is 69.3 Å². The van der Waals surface area contributed by atoms with Crippen molar-refractivity contribution in [1.29, 1.82) is 0 Å². The van der Waals surface area contributed by atoms with Gasteiger partial charge in [0.25, 0.3) is 10.0 Å². The van der Waals surface area contributed by atoms with Gasteiger partial charge in [-0.1, -0.05) is 69.2 Å². The second kappa shape index (κ2) is 14.9. The van der Waals surface area contributed by atoms with E-state index in [-0.39, 0.29) is 18.1 Å². The quantitative estimate of drug-likeness (QED) is 0.138. The Hall–Kier alpha value is -3.31. The molecular weight excluding hydrogens is 550 g/mol. The largest absolute Gasteiger partial charge is 0.461 e. The molecule has 0 unspecified atom stereocenters. The molecule has 0 aliphatic rings. The minimum atomic E-state index is -4.16. The fraction of sp³-hybridized carbons (Fsp3) is 0.414. The van der Waals surface area contributed by atoms with Crippen molar-refractivity contribution < 1.29 is 27.5 Å². The Labute approximate surface area is 240 Å². The normalized spacial score (nSPS) is 11.3. The smallest absolute Gasteiger partial charge is 0.421 e. The third kappa shape index (κ3) is 7.88. The molecule has 216 valence electrons. The Kier molecular flexibility index (Phi) is 11.6. The first-order valence-corrected chi connectivity index (χ1v) is 16.1. The molecule has 0 saturated heterocycles. The summed E-state index contributed by atoms with van der Waals surface area (Å²) >= 11 is 1.41. The molecule has 2 aromatic carbocycles. The first-order chi connectivity index (χ1) is 19.2. The van der Waals surface area contributed by atoms with Crippen LogP contribution in [-0.2, 0) is 32.5 Å². The van der Waals surface area contributed by atoms with Gasteiger partial charge in [0.05, 0.1) is 18.1 Å². The number of sulfonamides is 1. The number of amides is 1. The molecule has 3 aromatic rings. The van der Waals surface area contributed by atoms with Crippen molar-refractivity contribution in [3.8, 4) is 11.1 Å². The minimum absolute atomic E-state index is 0.0270. The van der Waals surface area contributed by atoms with Crippen LogP contribution in [-0.4, -0.2) is 49.5 Å². The number of rotatable bonds is 14. The number of aryl methyl sites for hydroxylation is 1. The predicted octanol–water partition coefficient (Wildman–Crippen LogP) is 6.05. The Morgan fingerprint density at radius 2 is 1.68 bits per heavy atom. The highest BCUT2D eigenvalue weighted by Gasteiger charge is 2.25. The van der Waals surface area contributed by atoms with E-state index in [1.165, 1.54) is 17.8 Å². The van der Waals surface area contributed by atoms with Crippen molar-refractivity contribution >= 4 is 33.8 Å². The fourth-order valence-electron chi connectivity index (χ4n) is 4.13. The number of carbonyl (C=O) groups excluding carboxylic acids is 2. The van der Waals surface area contributed by atoms with Crippen LogP contribution in [0, 0.1) is 0 Å². The van der Waals surface area contributed by atoms with E-state index in [1.54, 1.807) is 25.1 Å². The molecule has 1 N–H and O–H groups in total. The van der Waals surface area contributed by atoms with E-state index in [0.29, 0.717) is 34.8 Å². The first-order valence-electron chi connectivity index (χ1n) is 13.4. The van der Waals surface area contributed by atoms with Gasteiger partial charge < -0.3 is 14.0 Å². The summed E-state index contributed by atoms with van der Waals surface area (Å²) in [6.45, 7) is 6.65. The maximum Gasteiger partial charge on any atom is 0.421 e. The fourth-order valence-corrected chi connectivity index (χ4v) is 5.83. The van der Waals surface area contributed by atoms with Gasteiger partial charge in [-0.25, -0.2) is 27.7 Å². The summed E-state index contributed by atoms with van der Waals surface area (Å²) in [6.07, 6.45) is 5.04. The molecule has 0 spiro atoms. The number of carbonyl (C=O) groups is 2. The standard InChI is InChI=1S/C29H37N3O6S2/c1-5-8-14-25-30-27(39-4)26(28(33)37-7-3)32(25)20-21-15-17-22(18-16-21)23-12-10-11-13-24(23)40(35,36)31-29(34)38-19-9-6-2/h10-13,15-18H,5-9,14,19-20H2,1-4H3,(H,31,34). The lowest BCUT2D eigenvalue weighted by molar-refractivity contribution is 0.0509. The summed E-state index contributed by atoms with van der Waals surface area (Å²) in [5, 5.41) is 0.640. The van der Waals surface area contributed by atoms with E-state index >= 15 is 0 Å². The summed E-state index contributed by atoms with van der Waals surface area (Å²) in [7, 11) is -4.16. The number of imidazole rings is 1. The summed E-state index contributed by atoms with van der Waals surface area (Å²) < 4.78 is 40.3. The lowest BCUT2D eigenvalue weighted by Crippen LogP contribution is -2.31.